The monoisotopic (exact) mass is 228 g/mol. The van der Waals surface area contributed by atoms with Gasteiger partial charge in [0.05, 0.1) is 0 Å². The second kappa shape index (κ2) is 3.82. The van der Waals surface area contributed by atoms with Crippen LogP contribution >= 0.6 is 0 Å². The highest BCUT2D eigenvalue weighted by atomic mass is 15.2. The molecule has 0 aromatic heterocycles. The lowest BCUT2D eigenvalue weighted by Crippen LogP contribution is -2.31. The van der Waals surface area contributed by atoms with Gasteiger partial charge in [0, 0.05) is 32.2 Å². The van der Waals surface area contributed by atoms with Gasteiger partial charge >= 0.3 is 0 Å². The quantitative estimate of drug-likeness (QED) is 0.835. The zero-order chi connectivity index (χ0) is 11.2. The van der Waals surface area contributed by atoms with Gasteiger partial charge in [0.2, 0.25) is 0 Å². The van der Waals surface area contributed by atoms with E-state index < -0.39 is 0 Å². The molecule has 0 spiro atoms. The molecule has 2 unspecified atom stereocenters. The molecule has 2 heterocycles. The second-order valence-electron chi connectivity index (χ2n) is 5.97. The van der Waals surface area contributed by atoms with E-state index in [9.17, 15) is 0 Å². The van der Waals surface area contributed by atoms with Crippen LogP contribution in [0.5, 0.6) is 0 Å². The molecule has 2 fully saturated rings. The van der Waals surface area contributed by atoms with E-state index in [1.54, 1.807) is 0 Å². The van der Waals surface area contributed by atoms with Crippen molar-refractivity contribution < 1.29 is 0 Å². The number of nitrogens with one attached hydrogen (secondary N) is 1. The number of nitrogens with zero attached hydrogens (tertiary/aromatic N) is 1. The second-order valence-corrected chi connectivity index (χ2v) is 5.97. The maximum Gasteiger partial charge on any atom is 0.0236 e. The van der Waals surface area contributed by atoms with Crippen LogP contribution in [0.25, 0.3) is 0 Å². The summed E-state index contributed by atoms with van der Waals surface area (Å²) in [5.74, 6) is 1.01. The molecule has 90 valence electrons. The van der Waals surface area contributed by atoms with Crippen LogP contribution in [0.15, 0.2) is 18.2 Å². The minimum absolute atomic E-state index is 0.895. The highest BCUT2D eigenvalue weighted by Crippen LogP contribution is 2.38. The summed E-state index contributed by atoms with van der Waals surface area (Å²) in [4.78, 5) is 2.71. The molecule has 17 heavy (non-hydrogen) atoms. The highest BCUT2D eigenvalue weighted by Gasteiger charge is 2.37. The van der Waals surface area contributed by atoms with Gasteiger partial charge in [-0.05, 0) is 41.9 Å². The van der Waals surface area contributed by atoms with E-state index in [0.29, 0.717) is 0 Å². The maximum absolute atomic E-state index is 3.42. The number of hydrogen-bond acceptors (Lipinski definition) is 2. The van der Waals surface area contributed by atoms with E-state index in [1.165, 1.54) is 49.0 Å². The summed E-state index contributed by atoms with van der Waals surface area (Å²) in [6, 6.07) is 7.96. The molecule has 1 N–H and O–H groups in total. The maximum atomic E-state index is 3.42. The van der Waals surface area contributed by atoms with E-state index in [0.717, 1.165) is 25.0 Å². The van der Waals surface area contributed by atoms with Crippen LogP contribution in [0.2, 0.25) is 0 Å². The van der Waals surface area contributed by atoms with Gasteiger partial charge in [0.15, 0.2) is 0 Å². The predicted molar refractivity (Wildman–Crippen MR) is 68.5 cm³/mol. The Morgan fingerprint density at radius 3 is 2.94 bits per heavy atom. The van der Waals surface area contributed by atoms with Gasteiger partial charge in [0.25, 0.3) is 0 Å². The van der Waals surface area contributed by atoms with Gasteiger partial charge in [-0.3, -0.25) is 4.90 Å². The SMILES string of the molecule is c1cc2c(cc1CN1CC3CCC1C3)CNC2. The van der Waals surface area contributed by atoms with Crippen LogP contribution in [0, 0.1) is 5.92 Å². The number of hydrogen-bond donors (Lipinski definition) is 1. The Hall–Kier alpha value is -0.860. The fourth-order valence-electron chi connectivity index (χ4n) is 3.90. The Kier molecular flexibility index (Phi) is 2.27. The average molecular weight is 228 g/mol. The van der Waals surface area contributed by atoms with Crippen molar-refractivity contribution in [3.05, 3.63) is 34.9 Å². The largest absolute Gasteiger partial charge is 0.309 e. The molecule has 3 aliphatic rings. The summed E-state index contributed by atoms with van der Waals surface area (Å²) in [6.45, 7) is 4.65. The van der Waals surface area contributed by atoms with Crippen molar-refractivity contribution in [1.82, 2.24) is 10.2 Å². The summed E-state index contributed by atoms with van der Waals surface area (Å²) >= 11 is 0. The van der Waals surface area contributed by atoms with Crippen LogP contribution < -0.4 is 5.32 Å². The number of fused-ring (bicyclic) bond motifs is 3. The van der Waals surface area contributed by atoms with Crippen molar-refractivity contribution in [3.63, 3.8) is 0 Å². The van der Waals surface area contributed by atoms with Crippen molar-refractivity contribution in [2.75, 3.05) is 6.54 Å². The Morgan fingerprint density at radius 1 is 1.18 bits per heavy atom. The molecule has 1 aliphatic carbocycles. The molecule has 2 aliphatic heterocycles. The van der Waals surface area contributed by atoms with Crippen LogP contribution in [0.1, 0.15) is 36.0 Å². The molecule has 4 rings (SSSR count). The first-order chi connectivity index (χ1) is 8.38. The first-order valence-corrected chi connectivity index (χ1v) is 6.94. The Balaban J connectivity index is 1.52. The normalized spacial score (nSPS) is 31.1. The standard InChI is InChI=1S/C15H20N2/c1-3-13-7-16-8-14(13)5-11(1)9-17-10-12-2-4-15(17)6-12/h1,3,5,12,15-16H,2,4,6-10H2. The summed E-state index contributed by atoms with van der Waals surface area (Å²) < 4.78 is 0. The van der Waals surface area contributed by atoms with Crippen molar-refractivity contribution in [2.24, 2.45) is 5.92 Å². The molecule has 2 atom stereocenters. The summed E-state index contributed by atoms with van der Waals surface area (Å²) in [6.07, 6.45) is 4.39. The van der Waals surface area contributed by atoms with E-state index in [2.05, 4.69) is 28.4 Å². The lowest BCUT2D eigenvalue weighted by Gasteiger charge is -2.26. The Bertz CT molecular complexity index is 441. The zero-order valence-electron chi connectivity index (χ0n) is 10.3. The van der Waals surface area contributed by atoms with Gasteiger partial charge in [0.1, 0.15) is 0 Å². The fraction of sp³-hybridized carbons (Fsp3) is 0.600. The first kappa shape index (κ1) is 10.1. The minimum Gasteiger partial charge on any atom is -0.309 e. The molecule has 2 nitrogen and oxygen atoms in total. The van der Waals surface area contributed by atoms with E-state index >= 15 is 0 Å². The molecular formula is C15H20N2. The first-order valence-electron chi connectivity index (χ1n) is 6.94. The third-order valence-electron chi connectivity index (χ3n) is 4.81. The van der Waals surface area contributed by atoms with E-state index in [-0.39, 0.29) is 0 Å². The average Bonchev–Trinajstić information content (AvgIpc) is 3.03. The fourth-order valence-corrected chi connectivity index (χ4v) is 3.90. The molecule has 1 aromatic rings. The Labute approximate surface area is 103 Å². The third-order valence-corrected chi connectivity index (χ3v) is 4.81. The molecule has 1 saturated heterocycles. The zero-order valence-corrected chi connectivity index (χ0v) is 10.3. The van der Waals surface area contributed by atoms with Gasteiger partial charge in [-0.25, -0.2) is 0 Å². The topological polar surface area (TPSA) is 15.3 Å². The number of benzene rings is 1. The number of rotatable bonds is 2. The lowest BCUT2D eigenvalue weighted by molar-refractivity contribution is 0.205. The molecule has 2 heteroatoms. The van der Waals surface area contributed by atoms with E-state index in [4.69, 9.17) is 0 Å². The molecular weight excluding hydrogens is 208 g/mol. The van der Waals surface area contributed by atoms with Gasteiger partial charge in [-0.1, -0.05) is 18.2 Å². The van der Waals surface area contributed by atoms with Gasteiger partial charge in [-0.15, -0.1) is 0 Å². The minimum atomic E-state index is 0.895. The third kappa shape index (κ3) is 1.71. The molecule has 1 aromatic carbocycles. The molecule has 0 amide bonds. The van der Waals surface area contributed by atoms with Crippen LogP contribution in [0.3, 0.4) is 0 Å². The van der Waals surface area contributed by atoms with Crippen LogP contribution in [-0.4, -0.2) is 17.5 Å². The molecule has 1 saturated carbocycles. The number of likely N-dealkylation sites (tertiary alicyclic amines) is 1. The Morgan fingerprint density at radius 2 is 2.12 bits per heavy atom. The summed E-state index contributed by atoms with van der Waals surface area (Å²) in [5, 5.41) is 3.42. The summed E-state index contributed by atoms with van der Waals surface area (Å²) in [5.41, 5.74) is 4.53. The van der Waals surface area contributed by atoms with Gasteiger partial charge < -0.3 is 5.32 Å². The highest BCUT2D eigenvalue weighted by molar-refractivity contribution is 5.34. The van der Waals surface area contributed by atoms with Crippen LogP contribution in [0.4, 0.5) is 0 Å². The molecule has 2 bridgehead atoms. The smallest absolute Gasteiger partial charge is 0.0236 e. The van der Waals surface area contributed by atoms with Gasteiger partial charge in [-0.2, -0.15) is 0 Å². The number of piperidine rings is 1. The predicted octanol–water partition coefficient (Wildman–Crippen LogP) is 2.27. The van der Waals surface area contributed by atoms with Crippen molar-refractivity contribution >= 4 is 0 Å². The molecule has 0 radical (unpaired) electrons. The lowest BCUT2D eigenvalue weighted by atomic mass is 10.0. The summed E-state index contributed by atoms with van der Waals surface area (Å²) in [7, 11) is 0. The van der Waals surface area contributed by atoms with Crippen LogP contribution in [-0.2, 0) is 19.6 Å². The van der Waals surface area contributed by atoms with Crippen molar-refractivity contribution in [1.29, 1.82) is 0 Å². The van der Waals surface area contributed by atoms with Crippen molar-refractivity contribution in [2.45, 2.75) is 44.9 Å². The van der Waals surface area contributed by atoms with E-state index in [1.807, 2.05) is 0 Å². The van der Waals surface area contributed by atoms with Crippen molar-refractivity contribution in [3.8, 4) is 0 Å².